The highest BCUT2D eigenvalue weighted by Crippen LogP contribution is 2.42. The van der Waals surface area contributed by atoms with Crippen molar-refractivity contribution in [2.24, 2.45) is 0 Å². The van der Waals surface area contributed by atoms with Crippen LogP contribution >= 0.6 is 35.6 Å². The molecule has 1 aliphatic rings. The molecule has 2 heterocycles. The van der Waals surface area contributed by atoms with Crippen molar-refractivity contribution in [1.29, 1.82) is 0 Å². The molecule has 0 radical (unpaired) electrons. The SMILES string of the molecule is O=C1CSC(c2cc3ccccc3[nH]c2=S)N1c1cccc(Cl)c1. The Bertz CT molecular complexity index is 1000. The van der Waals surface area contributed by atoms with Crippen LogP contribution in [0.5, 0.6) is 0 Å². The minimum Gasteiger partial charge on any atom is -0.346 e. The molecule has 1 amide bonds. The van der Waals surface area contributed by atoms with E-state index in [1.54, 1.807) is 22.7 Å². The maximum absolute atomic E-state index is 12.5. The zero-order chi connectivity index (χ0) is 16.7. The molecule has 3 aromatic rings. The van der Waals surface area contributed by atoms with Gasteiger partial charge < -0.3 is 4.98 Å². The summed E-state index contributed by atoms with van der Waals surface area (Å²) in [6.45, 7) is 0. The molecule has 0 bridgehead atoms. The molecule has 3 nitrogen and oxygen atoms in total. The summed E-state index contributed by atoms with van der Waals surface area (Å²) in [4.78, 5) is 17.5. The number of fused-ring (bicyclic) bond motifs is 1. The van der Waals surface area contributed by atoms with E-state index in [9.17, 15) is 4.79 Å². The number of carbonyl (C=O) groups excluding carboxylic acids is 1. The molecule has 1 saturated heterocycles. The number of para-hydroxylation sites is 1. The van der Waals surface area contributed by atoms with E-state index in [1.807, 2.05) is 42.5 Å². The van der Waals surface area contributed by atoms with Crippen molar-refractivity contribution in [3.8, 4) is 0 Å². The Morgan fingerprint density at radius 3 is 2.83 bits per heavy atom. The monoisotopic (exact) mass is 372 g/mol. The number of aromatic nitrogens is 1. The molecule has 4 rings (SSSR count). The van der Waals surface area contributed by atoms with Crippen molar-refractivity contribution >= 4 is 58.1 Å². The van der Waals surface area contributed by atoms with E-state index in [0.717, 1.165) is 22.2 Å². The van der Waals surface area contributed by atoms with E-state index in [0.29, 0.717) is 15.4 Å². The lowest BCUT2D eigenvalue weighted by molar-refractivity contribution is -0.115. The summed E-state index contributed by atoms with van der Waals surface area (Å²) in [6.07, 6.45) is 0. The van der Waals surface area contributed by atoms with Gasteiger partial charge in [0.25, 0.3) is 0 Å². The zero-order valence-corrected chi connectivity index (χ0v) is 14.9. The van der Waals surface area contributed by atoms with E-state index in [1.165, 1.54) is 0 Å². The highest BCUT2D eigenvalue weighted by Gasteiger charge is 2.35. The van der Waals surface area contributed by atoms with E-state index >= 15 is 0 Å². The average molecular weight is 373 g/mol. The van der Waals surface area contributed by atoms with Gasteiger partial charge >= 0.3 is 0 Å². The number of hydrogen-bond donors (Lipinski definition) is 1. The predicted molar refractivity (Wildman–Crippen MR) is 103 cm³/mol. The van der Waals surface area contributed by atoms with E-state index in [2.05, 4.69) is 11.1 Å². The first kappa shape index (κ1) is 15.7. The number of nitrogens with one attached hydrogen (secondary N) is 1. The third-order valence-electron chi connectivity index (χ3n) is 4.00. The van der Waals surface area contributed by atoms with Gasteiger partial charge in [-0.1, -0.05) is 48.1 Å². The number of pyridine rings is 1. The molecule has 0 saturated carbocycles. The second-order valence-corrected chi connectivity index (χ2v) is 7.46. The molecule has 1 fully saturated rings. The first-order valence-corrected chi connectivity index (χ1v) is 9.28. The number of hydrogen-bond acceptors (Lipinski definition) is 3. The van der Waals surface area contributed by atoms with E-state index in [4.69, 9.17) is 23.8 Å². The highest BCUT2D eigenvalue weighted by molar-refractivity contribution is 8.00. The van der Waals surface area contributed by atoms with Crippen molar-refractivity contribution in [2.45, 2.75) is 5.37 Å². The molecule has 6 heteroatoms. The minimum absolute atomic E-state index is 0.0647. The quantitative estimate of drug-likeness (QED) is 0.617. The van der Waals surface area contributed by atoms with Crippen LogP contribution in [0.1, 0.15) is 10.9 Å². The molecule has 0 aliphatic carbocycles. The first-order chi connectivity index (χ1) is 11.6. The number of rotatable bonds is 2. The van der Waals surface area contributed by atoms with E-state index < -0.39 is 0 Å². The molecule has 1 aliphatic heterocycles. The smallest absolute Gasteiger partial charge is 0.238 e. The van der Waals surface area contributed by atoms with Crippen LogP contribution in [0.25, 0.3) is 10.9 Å². The van der Waals surface area contributed by atoms with Crippen LogP contribution < -0.4 is 4.90 Å². The van der Waals surface area contributed by atoms with Crippen LogP contribution in [0.4, 0.5) is 5.69 Å². The summed E-state index contributed by atoms with van der Waals surface area (Å²) in [5.74, 6) is 0.494. The normalized spacial score (nSPS) is 17.6. The number of halogens is 1. The van der Waals surface area contributed by atoms with Gasteiger partial charge in [0, 0.05) is 21.8 Å². The van der Waals surface area contributed by atoms with Gasteiger partial charge in [-0.2, -0.15) is 0 Å². The Kier molecular flexibility index (Phi) is 4.08. The number of nitrogens with zero attached hydrogens (tertiary/aromatic N) is 1. The second kappa shape index (κ2) is 6.24. The van der Waals surface area contributed by atoms with Crippen LogP contribution in [0, 0.1) is 4.64 Å². The minimum atomic E-state index is -0.149. The Morgan fingerprint density at radius 2 is 2.00 bits per heavy atom. The molecule has 2 aromatic carbocycles. The lowest BCUT2D eigenvalue weighted by Crippen LogP contribution is -2.28. The summed E-state index contributed by atoms with van der Waals surface area (Å²) >= 11 is 13.2. The van der Waals surface area contributed by atoms with Crippen molar-refractivity contribution in [3.63, 3.8) is 0 Å². The van der Waals surface area contributed by atoms with Gasteiger partial charge in [0.2, 0.25) is 5.91 Å². The Morgan fingerprint density at radius 1 is 1.17 bits per heavy atom. The molecule has 24 heavy (non-hydrogen) atoms. The fourth-order valence-corrected chi connectivity index (χ4v) is 4.64. The number of anilines is 1. The van der Waals surface area contributed by atoms with Crippen LogP contribution in [-0.2, 0) is 4.79 Å². The molecule has 1 atom stereocenters. The number of H-pyrrole nitrogens is 1. The number of carbonyl (C=O) groups is 1. The molecule has 0 spiro atoms. The molecule has 1 N–H and O–H groups in total. The summed E-state index contributed by atoms with van der Waals surface area (Å²) in [5, 5.41) is 1.54. The summed E-state index contributed by atoms with van der Waals surface area (Å²) in [7, 11) is 0. The summed E-state index contributed by atoms with van der Waals surface area (Å²) in [5.41, 5.74) is 2.74. The van der Waals surface area contributed by atoms with Gasteiger partial charge in [0.15, 0.2) is 0 Å². The first-order valence-electron chi connectivity index (χ1n) is 7.45. The molecular formula is C18H13ClN2OS2. The van der Waals surface area contributed by atoms with Crippen LogP contribution in [0.3, 0.4) is 0 Å². The van der Waals surface area contributed by atoms with Gasteiger partial charge in [-0.15, -0.1) is 11.8 Å². The van der Waals surface area contributed by atoms with Crippen molar-refractivity contribution < 1.29 is 4.79 Å². The Labute approximate surface area is 153 Å². The standard InChI is InChI=1S/C18H13ClN2OS2/c19-12-5-3-6-13(9-12)21-16(22)10-24-18(21)14-8-11-4-1-2-7-15(11)20-17(14)23/h1-9,18H,10H2,(H,20,23). The van der Waals surface area contributed by atoms with E-state index in [-0.39, 0.29) is 11.3 Å². The number of aromatic amines is 1. The lowest BCUT2D eigenvalue weighted by Gasteiger charge is -2.24. The maximum Gasteiger partial charge on any atom is 0.238 e. The fourth-order valence-electron chi connectivity index (χ4n) is 2.91. The highest BCUT2D eigenvalue weighted by atomic mass is 35.5. The van der Waals surface area contributed by atoms with Crippen LogP contribution in [0.15, 0.2) is 54.6 Å². The molecule has 1 aromatic heterocycles. The van der Waals surface area contributed by atoms with Gasteiger partial charge in [0.05, 0.1) is 5.75 Å². The third-order valence-corrected chi connectivity index (χ3v) is 5.77. The van der Waals surface area contributed by atoms with Crippen molar-refractivity contribution in [1.82, 2.24) is 4.98 Å². The average Bonchev–Trinajstić information content (AvgIpc) is 2.95. The molecule has 120 valence electrons. The topological polar surface area (TPSA) is 36.1 Å². The number of benzene rings is 2. The summed E-state index contributed by atoms with van der Waals surface area (Å²) < 4.78 is 0.660. The van der Waals surface area contributed by atoms with Gasteiger partial charge in [-0.3, -0.25) is 9.69 Å². The number of amides is 1. The lowest BCUT2D eigenvalue weighted by atomic mass is 10.1. The summed E-state index contributed by atoms with van der Waals surface area (Å²) in [6, 6.07) is 17.4. The third kappa shape index (κ3) is 2.73. The zero-order valence-electron chi connectivity index (χ0n) is 12.5. The van der Waals surface area contributed by atoms with Crippen LogP contribution in [-0.4, -0.2) is 16.6 Å². The van der Waals surface area contributed by atoms with Gasteiger partial charge in [-0.25, -0.2) is 0 Å². The van der Waals surface area contributed by atoms with Crippen LogP contribution in [0.2, 0.25) is 5.02 Å². The molecule has 1 unspecified atom stereocenters. The second-order valence-electron chi connectivity index (χ2n) is 5.55. The van der Waals surface area contributed by atoms with Crippen molar-refractivity contribution in [3.05, 3.63) is 69.8 Å². The van der Waals surface area contributed by atoms with Gasteiger partial charge in [0.1, 0.15) is 10.0 Å². The molecular weight excluding hydrogens is 360 g/mol. The van der Waals surface area contributed by atoms with Gasteiger partial charge in [-0.05, 0) is 35.7 Å². The Hall–Kier alpha value is -1.82. The maximum atomic E-state index is 12.5. The Balaban J connectivity index is 1.84. The number of thioether (sulfide) groups is 1. The largest absolute Gasteiger partial charge is 0.346 e. The fraction of sp³-hybridized carbons (Fsp3) is 0.111. The van der Waals surface area contributed by atoms with Crippen molar-refractivity contribution in [2.75, 3.05) is 10.7 Å². The predicted octanol–water partition coefficient (Wildman–Crippen LogP) is 5.33.